The minimum atomic E-state index is -2.12. The molecular weight excluding hydrogens is 488 g/mol. The van der Waals surface area contributed by atoms with Gasteiger partial charge in [-0.1, -0.05) is 0 Å². The van der Waals surface area contributed by atoms with Crippen LogP contribution in [-0.4, -0.2) is 167 Å². The molecule has 0 aromatic rings. The van der Waals surface area contributed by atoms with E-state index >= 15 is 0 Å². The summed E-state index contributed by atoms with van der Waals surface area (Å²) in [6.45, 7) is -1.63. The third-order valence-corrected chi connectivity index (χ3v) is 6.06. The molecule has 3 saturated heterocycles. The lowest BCUT2D eigenvalue weighted by molar-refractivity contribution is -0.375. The normalized spacial score (nSPS) is 51.2. The topological polar surface area (TPSA) is 286 Å². The molecule has 3 fully saturated rings. The molecule has 0 radical (unpaired) electrons. The summed E-state index contributed by atoms with van der Waals surface area (Å²) in [6.07, 6.45) is -28.1. The van der Waals surface area contributed by atoms with Crippen LogP contribution in [0.2, 0.25) is 0 Å². The van der Waals surface area contributed by atoms with Crippen molar-refractivity contribution in [1.29, 1.82) is 0 Å². The SMILES string of the molecule is O=C(O)[C@H]1O[C@H](O[C@@H]2[C@H](O)[C@H](CO)OC(O)[C@H]2O)[C@H](O)[C@@H](O[C@H]2O[C@H](CO)[C@@H](O)[C@H](O)[C@H]2O)[C@@H]1O. The highest BCUT2D eigenvalue weighted by atomic mass is 16.7. The van der Waals surface area contributed by atoms with Crippen molar-refractivity contribution in [2.24, 2.45) is 0 Å². The van der Waals surface area contributed by atoms with E-state index in [0.29, 0.717) is 0 Å². The molecule has 0 aromatic carbocycles. The van der Waals surface area contributed by atoms with Crippen molar-refractivity contribution in [2.75, 3.05) is 13.2 Å². The van der Waals surface area contributed by atoms with Crippen LogP contribution in [0.25, 0.3) is 0 Å². The summed E-state index contributed by atoms with van der Waals surface area (Å²) in [4.78, 5) is 11.6. The van der Waals surface area contributed by atoms with Crippen LogP contribution in [0.1, 0.15) is 0 Å². The van der Waals surface area contributed by atoms with Gasteiger partial charge in [-0.2, -0.15) is 0 Å². The van der Waals surface area contributed by atoms with E-state index in [2.05, 4.69) is 0 Å². The lowest BCUT2D eigenvalue weighted by atomic mass is 9.96. The number of carbonyl (C=O) groups is 1. The molecule has 17 nitrogen and oxygen atoms in total. The van der Waals surface area contributed by atoms with Gasteiger partial charge < -0.3 is 79.9 Å². The van der Waals surface area contributed by atoms with E-state index in [4.69, 9.17) is 23.7 Å². The summed E-state index contributed by atoms with van der Waals surface area (Å²) in [5.41, 5.74) is 0. The summed E-state index contributed by atoms with van der Waals surface area (Å²) >= 11 is 0. The Balaban J connectivity index is 1.82. The smallest absolute Gasteiger partial charge is 0.335 e. The minimum Gasteiger partial charge on any atom is -0.479 e. The lowest BCUT2D eigenvalue weighted by Gasteiger charge is -2.47. The predicted octanol–water partition coefficient (Wildman–Crippen LogP) is -7.48. The maximum atomic E-state index is 11.6. The first-order valence-electron chi connectivity index (χ1n) is 10.6. The first-order valence-corrected chi connectivity index (χ1v) is 10.6. The Morgan fingerprint density at radius 2 is 1.11 bits per heavy atom. The number of rotatable bonds is 7. The Morgan fingerprint density at radius 3 is 1.66 bits per heavy atom. The van der Waals surface area contributed by atoms with Crippen LogP contribution < -0.4 is 0 Å². The van der Waals surface area contributed by atoms with Gasteiger partial charge in [0.1, 0.15) is 67.1 Å². The van der Waals surface area contributed by atoms with E-state index in [1.807, 2.05) is 0 Å². The monoisotopic (exact) mass is 518 g/mol. The molecule has 0 saturated carbocycles. The molecule has 35 heavy (non-hydrogen) atoms. The molecule has 0 aliphatic carbocycles. The number of aliphatic carboxylic acids is 1. The number of hydrogen-bond donors (Lipinski definition) is 11. The van der Waals surface area contributed by atoms with Crippen LogP contribution in [0.5, 0.6) is 0 Å². The lowest BCUT2D eigenvalue weighted by Crippen LogP contribution is -2.67. The summed E-state index contributed by atoms with van der Waals surface area (Å²) in [7, 11) is 0. The van der Waals surface area contributed by atoms with Crippen molar-refractivity contribution in [3.05, 3.63) is 0 Å². The summed E-state index contributed by atoms with van der Waals surface area (Å²) in [6, 6.07) is 0. The Kier molecular flexibility index (Phi) is 9.35. The van der Waals surface area contributed by atoms with Crippen LogP contribution in [0.3, 0.4) is 0 Å². The second kappa shape index (κ2) is 11.5. The molecule has 3 aliphatic heterocycles. The van der Waals surface area contributed by atoms with Gasteiger partial charge in [0.25, 0.3) is 0 Å². The first kappa shape index (κ1) is 28.4. The maximum absolute atomic E-state index is 11.6. The van der Waals surface area contributed by atoms with Crippen molar-refractivity contribution in [2.45, 2.75) is 92.1 Å². The number of carboxylic acids is 1. The van der Waals surface area contributed by atoms with Gasteiger partial charge >= 0.3 is 5.97 Å². The molecule has 15 atom stereocenters. The number of aliphatic hydroxyl groups is 10. The van der Waals surface area contributed by atoms with Crippen LogP contribution in [0.4, 0.5) is 0 Å². The summed E-state index contributed by atoms with van der Waals surface area (Å²) < 4.78 is 25.7. The standard InChI is InChI=1S/C18H30O17/c19-1-3-5(21)7(23)8(24)17(32-3)34-13-9(25)14(15(28)29)35-18(11(13)27)33-12-6(22)4(2-20)31-16(30)10(12)26/h3-14,16-27,30H,1-2H2,(H,28,29)/t3-,4+,5-,6-,7+,8-,9+,10+,11-,12-,13+,14+,16?,17-,18+/m1/s1. The minimum absolute atomic E-state index is 0.807. The Morgan fingerprint density at radius 1 is 0.600 bits per heavy atom. The Bertz CT molecular complexity index is 709. The molecular formula is C18H30O17. The third kappa shape index (κ3) is 5.59. The molecule has 0 amide bonds. The quantitative estimate of drug-likeness (QED) is 0.149. The fourth-order valence-electron chi connectivity index (χ4n) is 4.03. The van der Waals surface area contributed by atoms with Crippen LogP contribution in [0, 0.1) is 0 Å². The molecule has 11 N–H and O–H groups in total. The van der Waals surface area contributed by atoms with Crippen molar-refractivity contribution >= 4 is 5.97 Å². The van der Waals surface area contributed by atoms with Gasteiger partial charge in [0.15, 0.2) is 25.0 Å². The van der Waals surface area contributed by atoms with Crippen LogP contribution >= 0.6 is 0 Å². The number of hydrogen-bond acceptors (Lipinski definition) is 16. The van der Waals surface area contributed by atoms with E-state index < -0.39 is 111 Å². The van der Waals surface area contributed by atoms with Crippen molar-refractivity contribution in [3.8, 4) is 0 Å². The van der Waals surface area contributed by atoms with Gasteiger partial charge in [0, 0.05) is 0 Å². The van der Waals surface area contributed by atoms with Gasteiger partial charge in [-0.15, -0.1) is 0 Å². The maximum Gasteiger partial charge on any atom is 0.335 e. The van der Waals surface area contributed by atoms with E-state index in [9.17, 15) is 61.0 Å². The summed E-state index contributed by atoms with van der Waals surface area (Å²) in [5.74, 6) is -1.75. The second-order valence-electron chi connectivity index (χ2n) is 8.37. The zero-order chi connectivity index (χ0) is 26.2. The molecule has 3 heterocycles. The Labute approximate surface area is 196 Å². The molecule has 17 heteroatoms. The van der Waals surface area contributed by atoms with Gasteiger partial charge in [-0.25, -0.2) is 4.79 Å². The van der Waals surface area contributed by atoms with E-state index in [1.165, 1.54) is 0 Å². The third-order valence-electron chi connectivity index (χ3n) is 6.06. The van der Waals surface area contributed by atoms with Crippen LogP contribution in [0.15, 0.2) is 0 Å². The fraction of sp³-hybridized carbons (Fsp3) is 0.944. The van der Waals surface area contributed by atoms with Gasteiger partial charge in [-0.3, -0.25) is 0 Å². The Hall–Kier alpha value is -1.13. The molecule has 1 unspecified atom stereocenters. The van der Waals surface area contributed by atoms with E-state index in [1.54, 1.807) is 0 Å². The molecule has 0 bridgehead atoms. The predicted molar refractivity (Wildman–Crippen MR) is 102 cm³/mol. The number of ether oxygens (including phenoxy) is 5. The highest BCUT2D eigenvalue weighted by Gasteiger charge is 2.55. The molecule has 204 valence electrons. The highest BCUT2D eigenvalue weighted by molar-refractivity contribution is 5.73. The zero-order valence-electron chi connectivity index (χ0n) is 17.9. The number of aliphatic hydroxyl groups excluding tert-OH is 10. The van der Waals surface area contributed by atoms with Gasteiger partial charge in [0.2, 0.25) is 0 Å². The van der Waals surface area contributed by atoms with Crippen molar-refractivity contribution in [3.63, 3.8) is 0 Å². The molecule has 3 rings (SSSR count). The fourth-order valence-corrected chi connectivity index (χ4v) is 4.03. The van der Waals surface area contributed by atoms with Gasteiger partial charge in [-0.05, 0) is 0 Å². The van der Waals surface area contributed by atoms with E-state index in [-0.39, 0.29) is 0 Å². The largest absolute Gasteiger partial charge is 0.479 e. The zero-order valence-corrected chi connectivity index (χ0v) is 17.9. The highest BCUT2D eigenvalue weighted by Crippen LogP contribution is 2.32. The molecule has 3 aliphatic rings. The van der Waals surface area contributed by atoms with Crippen LogP contribution in [-0.2, 0) is 28.5 Å². The second-order valence-corrected chi connectivity index (χ2v) is 8.37. The molecule has 0 aromatic heterocycles. The number of carboxylic acid groups (broad SMARTS) is 1. The average molecular weight is 518 g/mol. The van der Waals surface area contributed by atoms with Gasteiger partial charge in [0.05, 0.1) is 13.2 Å². The first-order chi connectivity index (χ1) is 16.4. The average Bonchev–Trinajstić information content (AvgIpc) is 2.82. The summed E-state index contributed by atoms with van der Waals surface area (Å²) in [5, 5.41) is 109. The van der Waals surface area contributed by atoms with Crippen molar-refractivity contribution in [1.82, 2.24) is 0 Å². The van der Waals surface area contributed by atoms with E-state index in [0.717, 1.165) is 0 Å². The van der Waals surface area contributed by atoms with Crippen molar-refractivity contribution < 1.29 is 84.7 Å². The molecule has 0 spiro atoms.